The zero-order valence-corrected chi connectivity index (χ0v) is 18.2. The number of aliphatic hydroxyl groups is 1. The average molecular weight is 440 g/mol. The minimum atomic E-state index is -0.859. The molecule has 1 atom stereocenters. The number of rotatable bonds is 6. The Kier molecular flexibility index (Phi) is 5.57. The van der Waals surface area contributed by atoms with Crippen LogP contribution >= 0.6 is 0 Å². The summed E-state index contributed by atoms with van der Waals surface area (Å²) in [5, 5.41) is 11.2. The third-order valence-corrected chi connectivity index (χ3v) is 6.62. The summed E-state index contributed by atoms with van der Waals surface area (Å²) in [6.07, 6.45) is 1.61. The maximum Gasteiger partial charge on any atom is 0.414 e. The van der Waals surface area contributed by atoms with Crippen LogP contribution in [0.3, 0.4) is 0 Å². The molecule has 8 heteroatoms. The predicted molar refractivity (Wildman–Crippen MR) is 117 cm³/mol. The van der Waals surface area contributed by atoms with Gasteiger partial charge in [0.2, 0.25) is 6.79 Å². The SMILES string of the molecule is COc1ccc(N2CC(CCN3CCC(O)(c4ccc5c(c4)OCO5)CC3)OC2=O)cc1. The van der Waals surface area contributed by atoms with E-state index < -0.39 is 5.60 Å². The number of benzene rings is 2. The maximum atomic E-state index is 12.3. The van der Waals surface area contributed by atoms with Gasteiger partial charge in [0.05, 0.1) is 19.3 Å². The number of fused-ring (bicyclic) bond motifs is 1. The van der Waals surface area contributed by atoms with Gasteiger partial charge in [-0.1, -0.05) is 6.07 Å². The van der Waals surface area contributed by atoms with Crippen molar-refractivity contribution in [3.8, 4) is 17.2 Å². The van der Waals surface area contributed by atoms with Crippen molar-refractivity contribution in [1.82, 2.24) is 4.90 Å². The van der Waals surface area contributed by atoms with Gasteiger partial charge >= 0.3 is 6.09 Å². The average Bonchev–Trinajstić information content (AvgIpc) is 3.44. The lowest BCUT2D eigenvalue weighted by atomic mass is 9.84. The molecule has 2 saturated heterocycles. The fourth-order valence-electron chi connectivity index (χ4n) is 4.59. The van der Waals surface area contributed by atoms with Crippen molar-refractivity contribution >= 4 is 11.8 Å². The van der Waals surface area contributed by atoms with Crippen molar-refractivity contribution in [2.75, 3.05) is 45.0 Å². The molecule has 2 fully saturated rings. The second-order valence-corrected chi connectivity index (χ2v) is 8.54. The summed E-state index contributed by atoms with van der Waals surface area (Å²) >= 11 is 0. The Hall–Kier alpha value is -2.97. The minimum absolute atomic E-state index is 0.140. The molecule has 8 nitrogen and oxygen atoms in total. The third-order valence-electron chi connectivity index (χ3n) is 6.62. The number of ether oxygens (including phenoxy) is 4. The first-order valence-corrected chi connectivity index (χ1v) is 11.0. The number of cyclic esters (lactones) is 1. The Labute approximate surface area is 187 Å². The topological polar surface area (TPSA) is 80.7 Å². The molecule has 2 aromatic rings. The molecule has 32 heavy (non-hydrogen) atoms. The number of hydrogen-bond acceptors (Lipinski definition) is 7. The maximum absolute atomic E-state index is 12.3. The molecule has 3 heterocycles. The number of nitrogens with zero attached hydrogens (tertiary/aromatic N) is 2. The summed E-state index contributed by atoms with van der Waals surface area (Å²) in [4.78, 5) is 16.3. The van der Waals surface area contributed by atoms with E-state index in [0.717, 1.165) is 48.8 Å². The normalized spacial score (nSPS) is 22.1. The number of likely N-dealkylation sites (tertiary alicyclic amines) is 1. The Bertz CT molecular complexity index is 971. The first kappa shape index (κ1) is 20.9. The molecule has 0 bridgehead atoms. The summed E-state index contributed by atoms with van der Waals surface area (Å²) in [5.41, 5.74) is 0.828. The smallest absolute Gasteiger partial charge is 0.414 e. The van der Waals surface area contributed by atoms with Gasteiger partial charge in [-0.05, 0) is 61.2 Å². The number of amides is 1. The standard InChI is InChI=1S/C24H28N2O6/c1-29-19-5-3-18(4-6-19)26-15-20(32-23(26)27)8-11-25-12-9-24(28,10-13-25)17-2-7-21-22(14-17)31-16-30-21/h2-7,14,20,28H,8-13,15-16H2,1H3. The first-order valence-electron chi connectivity index (χ1n) is 11.0. The van der Waals surface area contributed by atoms with Crippen LogP contribution in [0.1, 0.15) is 24.8 Å². The second kappa shape index (κ2) is 8.52. The van der Waals surface area contributed by atoms with E-state index in [2.05, 4.69) is 4.90 Å². The van der Waals surface area contributed by atoms with E-state index in [1.807, 2.05) is 42.5 Å². The van der Waals surface area contributed by atoms with Gasteiger partial charge in [-0.25, -0.2) is 4.79 Å². The van der Waals surface area contributed by atoms with E-state index in [1.165, 1.54) is 0 Å². The van der Waals surface area contributed by atoms with Crippen LogP contribution in [0.4, 0.5) is 10.5 Å². The fourth-order valence-corrected chi connectivity index (χ4v) is 4.59. The molecule has 2 aromatic carbocycles. The summed E-state index contributed by atoms with van der Waals surface area (Å²) in [5.74, 6) is 2.18. The molecule has 1 unspecified atom stereocenters. The lowest BCUT2D eigenvalue weighted by Gasteiger charge is -2.38. The highest BCUT2D eigenvalue weighted by Crippen LogP contribution is 2.39. The van der Waals surface area contributed by atoms with Crippen molar-refractivity contribution in [2.24, 2.45) is 0 Å². The van der Waals surface area contributed by atoms with Crippen LogP contribution in [-0.2, 0) is 10.3 Å². The molecule has 1 amide bonds. The molecule has 0 aromatic heterocycles. The van der Waals surface area contributed by atoms with Gasteiger partial charge in [0.1, 0.15) is 11.9 Å². The number of hydrogen-bond donors (Lipinski definition) is 1. The fraction of sp³-hybridized carbons (Fsp3) is 0.458. The lowest BCUT2D eigenvalue weighted by molar-refractivity contribution is -0.0276. The molecular weight excluding hydrogens is 412 g/mol. The van der Waals surface area contributed by atoms with Crippen molar-refractivity contribution in [2.45, 2.75) is 31.0 Å². The Morgan fingerprint density at radius 3 is 2.59 bits per heavy atom. The molecule has 3 aliphatic rings. The number of piperidine rings is 1. The Morgan fingerprint density at radius 1 is 1.09 bits per heavy atom. The molecule has 3 aliphatic heterocycles. The number of methoxy groups -OCH3 is 1. The van der Waals surface area contributed by atoms with Gasteiger partial charge in [-0.15, -0.1) is 0 Å². The monoisotopic (exact) mass is 440 g/mol. The molecule has 170 valence electrons. The van der Waals surface area contributed by atoms with Gasteiger partial charge in [0.25, 0.3) is 0 Å². The summed E-state index contributed by atoms with van der Waals surface area (Å²) < 4.78 is 21.6. The zero-order valence-electron chi connectivity index (χ0n) is 18.2. The van der Waals surface area contributed by atoms with Gasteiger partial charge in [-0.2, -0.15) is 0 Å². The summed E-state index contributed by atoms with van der Waals surface area (Å²) in [6.45, 7) is 3.17. The van der Waals surface area contributed by atoms with E-state index in [4.69, 9.17) is 18.9 Å². The predicted octanol–water partition coefficient (Wildman–Crippen LogP) is 3.12. The van der Waals surface area contributed by atoms with Crippen LogP contribution in [0.25, 0.3) is 0 Å². The molecule has 0 aliphatic carbocycles. The quantitative estimate of drug-likeness (QED) is 0.739. The molecular formula is C24H28N2O6. The van der Waals surface area contributed by atoms with Gasteiger partial charge in [0.15, 0.2) is 11.5 Å². The van der Waals surface area contributed by atoms with Crippen LogP contribution in [0.2, 0.25) is 0 Å². The van der Waals surface area contributed by atoms with Gasteiger partial charge in [-0.3, -0.25) is 4.90 Å². The number of carbonyl (C=O) groups excluding carboxylic acids is 1. The van der Waals surface area contributed by atoms with Crippen molar-refractivity contribution in [3.63, 3.8) is 0 Å². The number of carbonyl (C=O) groups is 1. The number of anilines is 1. The molecule has 5 rings (SSSR count). The molecule has 0 radical (unpaired) electrons. The third kappa shape index (κ3) is 4.08. The first-order chi connectivity index (χ1) is 15.5. The van der Waals surface area contributed by atoms with E-state index in [0.29, 0.717) is 25.1 Å². The highest BCUT2D eigenvalue weighted by atomic mass is 16.7. The zero-order chi connectivity index (χ0) is 22.1. The van der Waals surface area contributed by atoms with E-state index in [9.17, 15) is 9.90 Å². The van der Waals surface area contributed by atoms with Crippen LogP contribution in [0.5, 0.6) is 17.2 Å². The van der Waals surface area contributed by atoms with Crippen LogP contribution < -0.4 is 19.1 Å². The van der Waals surface area contributed by atoms with Crippen molar-refractivity contribution in [1.29, 1.82) is 0 Å². The molecule has 1 N–H and O–H groups in total. The van der Waals surface area contributed by atoms with Crippen molar-refractivity contribution < 1.29 is 28.8 Å². The lowest BCUT2D eigenvalue weighted by Crippen LogP contribution is -2.43. The second-order valence-electron chi connectivity index (χ2n) is 8.54. The highest BCUT2D eigenvalue weighted by Gasteiger charge is 2.36. The van der Waals surface area contributed by atoms with E-state index in [1.54, 1.807) is 12.0 Å². The highest BCUT2D eigenvalue weighted by molar-refractivity contribution is 5.89. The van der Waals surface area contributed by atoms with Crippen LogP contribution in [-0.4, -0.2) is 62.3 Å². The van der Waals surface area contributed by atoms with E-state index in [-0.39, 0.29) is 19.0 Å². The van der Waals surface area contributed by atoms with E-state index >= 15 is 0 Å². The Balaban J connectivity index is 1.12. The van der Waals surface area contributed by atoms with Crippen LogP contribution in [0.15, 0.2) is 42.5 Å². The summed E-state index contributed by atoms with van der Waals surface area (Å²) in [6, 6.07) is 13.1. The Morgan fingerprint density at radius 2 is 1.84 bits per heavy atom. The van der Waals surface area contributed by atoms with Crippen molar-refractivity contribution in [3.05, 3.63) is 48.0 Å². The largest absolute Gasteiger partial charge is 0.497 e. The summed E-state index contributed by atoms with van der Waals surface area (Å²) in [7, 11) is 1.62. The molecule has 0 spiro atoms. The minimum Gasteiger partial charge on any atom is -0.497 e. The van der Waals surface area contributed by atoms with Gasteiger partial charge in [0, 0.05) is 25.3 Å². The molecule has 0 saturated carbocycles. The van der Waals surface area contributed by atoms with Gasteiger partial charge < -0.3 is 29.0 Å². The van der Waals surface area contributed by atoms with Crippen LogP contribution in [0, 0.1) is 0 Å².